The van der Waals surface area contributed by atoms with E-state index in [2.05, 4.69) is 10.6 Å². The molecule has 120 valence electrons. The van der Waals surface area contributed by atoms with E-state index < -0.39 is 20.5 Å². The molecule has 1 saturated heterocycles. The van der Waals surface area contributed by atoms with Gasteiger partial charge < -0.3 is 10.6 Å². The van der Waals surface area contributed by atoms with Gasteiger partial charge >= 0.3 is 0 Å². The van der Waals surface area contributed by atoms with E-state index in [9.17, 15) is 18.0 Å². The number of hydrogen-bond acceptors (Lipinski definition) is 4. The van der Waals surface area contributed by atoms with Gasteiger partial charge in [0, 0.05) is 18.0 Å². The molecule has 2 N–H and O–H groups in total. The number of rotatable bonds is 4. The van der Waals surface area contributed by atoms with E-state index in [1.165, 1.54) is 38.1 Å². The van der Waals surface area contributed by atoms with Crippen molar-refractivity contribution in [2.24, 2.45) is 0 Å². The Morgan fingerprint density at radius 1 is 1.32 bits per heavy atom. The third-order valence-corrected chi connectivity index (χ3v) is 6.33. The molecule has 1 aromatic carbocycles. The predicted octanol–water partition coefficient (Wildman–Crippen LogP) is 0.897. The molecular weight excluding hydrogens is 328 g/mol. The highest BCUT2D eigenvalue weighted by Gasteiger charge is 2.43. The molecule has 1 aromatic rings. The van der Waals surface area contributed by atoms with Gasteiger partial charge in [0.2, 0.25) is 11.8 Å². The van der Waals surface area contributed by atoms with Crippen LogP contribution < -0.4 is 10.6 Å². The zero-order chi connectivity index (χ0) is 16.5. The normalized spacial score (nSPS) is 18.9. The summed E-state index contributed by atoms with van der Waals surface area (Å²) >= 11 is 5.75. The van der Waals surface area contributed by atoms with Crippen molar-refractivity contribution < 1.29 is 18.0 Å². The minimum atomic E-state index is -3.89. The Balaban J connectivity index is 2.22. The molecule has 2 amide bonds. The first kappa shape index (κ1) is 16.8. The van der Waals surface area contributed by atoms with Crippen LogP contribution in [0.3, 0.4) is 0 Å². The predicted molar refractivity (Wildman–Crippen MR) is 82.3 cm³/mol. The van der Waals surface area contributed by atoms with Gasteiger partial charge in [0.25, 0.3) is 0 Å². The van der Waals surface area contributed by atoms with Crippen molar-refractivity contribution in [2.75, 3.05) is 6.54 Å². The van der Waals surface area contributed by atoms with Crippen LogP contribution in [0.4, 0.5) is 0 Å². The van der Waals surface area contributed by atoms with Gasteiger partial charge in [-0.15, -0.1) is 0 Å². The van der Waals surface area contributed by atoms with Crippen molar-refractivity contribution in [1.29, 1.82) is 0 Å². The SMILES string of the molecule is CC(C)(C(=O)NC1CNC(=O)C1)S(=O)(=O)c1ccc(Cl)cc1. The lowest BCUT2D eigenvalue weighted by Gasteiger charge is -2.25. The number of amides is 2. The maximum absolute atomic E-state index is 12.7. The lowest BCUT2D eigenvalue weighted by molar-refractivity contribution is -0.123. The zero-order valence-electron chi connectivity index (χ0n) is 12.2. The van der Waals surface area contributed by atoms with Crippen LogP contribution in [-0.2, 0) is 19.4 Å². The first-order valence-corrected chi connectivity index (χ1v) is 8.58. The average molecular weight is 345 g/mol. The van der Waals surface area contributed by atoms with Gasteiger partial charge in [0.1, 0.15) is 4.75 Å². The number of benzene rings is 1. The summed E-state index contributed by atoms with van der Waals surface area (Å²) in [7, 11) is -3.89. The second-order valence-electron chi connectivity index (χ2n) is 5.65. The van der Waals surface area contributed by atoms with Gasteiger partial charge in [-0.05, 0) is 38.1 Å². The fourth-order valence-corrected chi connectivity index (χ4v) is 3.61. The molecule has 0 radical (unpaired) electrons. The highest BCUT2D eigenvalue weighted by Crippen LogP contribution is 2.27. The molecule has 1 aliphatic heterocycles. The number of sulfone groups is 1. The van der Waals surface area contributed by atoms with Gasteiger partial charge in [-0.25, -0.2) is 8.42 Å². The Morgan fingerprint density at radius 3 is 2.41 bits per heavy atom. The largest absolute Gasteiger partial charge is 0.354 e. The smallest absolute Gasteiger partial charge is 0.241 e. The molecule has 0 aromatic heterocycles. The number of carbonyl (C=O) groups excluding carboxylic acids is 2. The van der Waals surface area contributed by atoms with E-state index >= 15 is 0 Å². The molecule has 0 aliphatic carbocycles. The molecule has 22 heavy (non-hydrogen) atoms. The van der Waals surface area contributed by atoms with Crippen molar-refractivity contribution in [2.45, 2.75) is 36.0 Å². The number of nitrogens with one attached hydrogen (secondary N) is 2. The molecule has 0 saturated carbocycles. The Bertz CT molecular complexity index is 698. The number of hydrogen-bond donors (Lipinski definition) is 2. The molecule has 1 unspecified atom stereocenters. The summed E-state index contributed by atoms with van der Waals surface area (Å²) in [5.41, 5.74) is 0. The van der Waals surface area contributed by atoms with Crippen molar-refractivity contribution >= 4 is 33.3 Å². The van der Waals surface area contributed by atoms with E-state index in [1.54, 1.807) is 0 Å². The van der Waals surface area contributed by atoms with E-state index in [0.29, 0.717) is 11.6 Å². The average Bonchev–Trinajstić information content (AvgIpc) is 2.84. The van der Waals surface area contributed by atoms with Crippen LogP contribution in [0.15, 0.2) is 29.2 Å². The maximum atomic E-state index is 12.7. The minimum Gasteiger partial charge on any atom is -0.354 e. The van der Waals surface area contributed by atoms with Gasteiger partial charge in [0.15, 0.2) is 9.84 Å². The Kier molecular flexibility index (Phi) is 4.49. The Labute approximate surface area is 134 Å². The molecule has 1 aliphatic rings. The number of halogens is 1. The lowest BCUT2D eigenvalue weighted by Crippen LogP contribution is -2.51. The number of carbonyl (C=O) groups is 2. The van der Waals surface area contributed by atoms with Crippen molar-refractivity contribution in [3.63, 3.8) is 0 Å². The van der Waals surface area contributed by atoms with Crippen molar-refractivity contribution in [1.82, 2.24) is 10.6 Å². The highest BCUT2D eigenvalue weighted by molar-refractivity contribution is 7.93. The molecule has 1 fully saturated rings. The maximum Gasteiger partial charge on any atom is 0.241 e. The molecular formula is C14H17ClN2O4S. The highest BCUT2D eigenvalue weighted by atomic mass is 35.5. The van der Waals surface area contributed by atoms with Crippen LogP contribution in [0.5, 0.6) is 0 Å². The van der Waals surface area contributed by atoms with E-state index in [0.717, 1.165) is 0 Å². The van der Waals surface area contributed by atoms with Crippen molar-refractivity contribution in [3.8, 4) is 0 Å². The fraction of sp³-hybridized carbons (Fsp3) is 0.429. The van der Waals surface area contributed by atoms with Crippen LogP contribution in [0.2, 0.25) is 5.02 Å². The molecule has 1 heterocycles. The Hall–Kier alpha value is -1.60. The first-order chi connectivity index (χ1) is 10.1. The second kappa shape index (κ2) is 5.89. The van der Waals surface area contributed by atoms with Crippen LogP contribution in [0.25, 0.3) is 0 Å². The topological polar surface area (TPSA) is 92.3 Å². The summed E-state index contributed by atoms with van der Waals surface area (Å²) in [6.07, 6.45) is 0.156. The monoisotopic (exact) mass is 344 g/mol. The first-order valence-electron chi connectivity index (χ1n) is 6.72. The molecule has 0 bridgehead atoms. The van der Waals surface area contributed by atoms with Gasteiger partial charge in [-0.2, -0.15) is 0 Å². The molecule has 8 heteroatoms. The van der Waals surface area contributed by atoms with Gasteiger partial charge in [0.05, 0.1) is 10.9 Å². The van der Waals surface area contributed by atoms with Crippen LogP contribution in [0.1, 0.15) is 20.3 Å². The van der Waals surface area contributed by atoms with E-state index in [4.69, 9.17) is 11.6 Å². The van der Waals surface area contributed by atoms with Gasteiger partial charge in [-0.1, -0.05) is 11.6 Å². The summed E-state index contributed by atoms with van der Waals surface area (Å²) < 4.78 is 23.7. The van der Waals surface area contributed by atoms with E-state index in [1.807, 2.05) is 0 Å². The fourth-order valence-electron chi connectivity index (χ4n) is 2.10. The summed E-state index contributed by atoms with van der Waals surface area (Å²) in [5.74, 6) is -0.799. The third kappa shape index (κ3) is 3.10. The van der Waals surface area contributed by atoms with Crippen LogP contribution in [-0.4, -0.2) is 37.6 Å². The van der Waals surface area contributed by atoms with Crippen molar-refractivity contribution in [3.05, 3.63) is 29.3 Å². The van der Waals surface area contributed by atoms with Crippen LogP contribution >= 0.6 is 11.6 Å². The second-order valence-corrected chi connectivity index (χ2v) is 8.58. The molecule has 0 spiro atoms. The summed E-state index contributed by atoms with van der Waals surface area (Å²) in [5, 5.41) is 5.61. The summed E-state index contributed by atoms with van der Waals surface area (Å²) in [6, 6.07) is 5.27. The quantitative estimate of drug-likeness (QED) is 0.848. The van der Waals surface area contributed by atoms with Crippen LogP contribution in [0, 0.1) is 0 Å². The molecule has 6 nitrogen and oxygen atoms in total. The molecule has 1 atom stereocenters. The standard InChI is InChI=1S/C14H17ClN2O4S/c1-14(2,13(19)17-10-7-12(18)16-8-10)22(20,21)11-5-3-9(15)4-6-11/h3-6,10H,7-8H2,1-2H3,(H,16,18)(H,17,19). The summed E-state index contributed by atoms with van der Waals surface area (Å²) in [4.78, 5) is 23.5. The van der Waals surface area contributed by atoms with E-state index in [-0.39, 0.29) is 23.3 Å². The van der Waals surface area contributed by atoms with Gasteiger partial charge in [-0.3, -0.25) is 9.59 Å². The Morgan fingerprint density at radius 2 is 1.91 bits per heavy atom. The summed E-state index contributed by atoms with van der Waals surface area (Å²) in [6.45, 7) is 2.99. The lowest BCUT2D eigenvalue weighted by atomic mass is 10.1. The minimum absolute atomic E-state index is 0.0256. The molecule has 2 rings (SSSR count). The third-order valence-electron chi connectivity index (χ3n) is 3.66. The zero-order valence-corrected chi connectivity index (χ0v) is 13.8.